The number of furan rings is 1. The van der Waals surface area contributed by atoms with Crippen LogP contribution in [0.4, 0.5) is 8.78 Å². The normalized spacial score (nSPS) is 10.6. The topological polar surface area (TPSA) is 26.0 Å². The Kier molecular flexibility index (Phi) is 2.76. The number of nitrogens with zero attached hydrogens (tertiary/aromatic N) is 1. The third-order valence-electron chi connectivity index (χ3n) is 2.15. The SMILES string of the molecule is Fc1c[c-]c2c(c1)oc1cc(F)cnc12.[Pt]. The molecule has 3 rings (SSSR count). The predicted octanol–water partition coefficient (Wildman–Crippen LogP) is 3.06. The van der Waals surface area contributed by atoms with E-state index in [0.717, 1.165) is 6.20 Å². The maximum atomic E-state index is 12.9. The Morgan fingerprint density at radius 2 is 1.88 bits per heavy atom. The molecule has 0 fully saturated rings. The van der Waals surface area contributed by atoms with Crippen LogP contribution in [0.15, 0.2) is 28.8 Å². The van der Waals surface area contributed by atoms with E-state index in [9.17, 15) is 8.78 Å². The third kappa shape index (κ3) is 1.63. The molecule has 2 nitrogen and oxygen atoms in total. The van der Waals surface area contributed by atoms with Crippen molar-refractivity contribution in [3.63, 3.8) is 0 Å². The van der Waals surface area contributed by atoms with Gasteiger partial charge in [0, 0.05) is 44.0 Å². The molecule has 16 heavy (non-hydrogen) atoms. The second kappa shape index (κ2) is 3.94. The van der Waals surface area contributed by atoms with Gasteiger partial charge < -0.3 is 4.42 Å². The van der Waals surface area contributed by atoms with Gasteiger partial charge in [-0.3, -0.25) is 9.37 Å². The Bertz CT molecular complexity index is 609. The van der Waals surface area contributed by atoms with Gasteiger partial charge in [0.15, 0.2) is 0 Å². The summed E-state index contributed by atoms with van der Waals surface area (Å²) in [5.41, 5.74) is 1.11. The van der Waals surface area contributed by atoms with Crippen molar-refractivity contribution in [1.29, 1.82) is 0 Å². The van der Waals surface area contributed by atoms with E-state index in [1.807, 2.05) is 0 Å². The van der Waals surface area contributed by atoms with Gasteiger partial charge in [0.1, 0.15) is 11.4 Å². The first-order valence-corrected chi connectivity index (χ1v) is 4.29. The van der Waals surface area contributed by atoms with Crippen LogP contribution in [0.2, 0.25) is 0 Å². The van der Waals surface area contributed by atoms with Gasteiger partial charge in [-0.25, -0.2) is 4.39 Å². The fraction of sp³-hybridized carbons (Fsp3) is 0. The Balaban J connectivity index is 0.000000963. The van der Waals surface area contributed by atoms with Gasteiger partial charge in [-0.15, -0.1) is 12.1 Å². The number of rotatable bonds is 0. The van der Waals surface area contributed by atoms with Crippen LogP contribution in [0.5, 0.6) is 0 Å². The van der Waals surface area contributed by atoms with Crippen LogP contribution >= 0.6 is 0 Å². The minimum atomic E-state index is -0.484. The number of pyridine rings is 1. The first-order valence-electron chi connectivity index (χ1n) is 4.29. The predicted molar refractivity (Wildman–Crippen MR) is 50.3 cm³/mol. The molecule has 0 aliphatic heterocycles. The summed E-state index contributed by atoms with van der Waals surface area (Å²) in [5, 5.41) is 0.561. The molecule has 0 amide bonds. The summed E-state index contributed by atoms with van der Waals surface area (Å²) in [7, 11) is 0. The number of benzene rings is 1. The summed E-state index contributed by atoms with van der Waals surface area (Å²) >= 11 is 0. The molecule has 84 valence electrons. The molecule has 2 aromatic heterocycles. The van der Waals surface area contributed by atoms with E-state index in [4.69, 9.17) is 4.42 Å². The Hall–Kier alpha value is -1.28. The number of aromatic nitrogens is 1. The molecule has 0 saturated heterocycles. The van der Waals surface area contributed by atoms with Crippen LogP contribution in [0.3, 0.4) is 0 Å². The summed E-state index contributed by atoms with van der Waals surface area (Å²) in [6.07, 6.45) is 1.09. The van der Waals surface area contributed by atoms with E-state index in [1.165, 1.54) is 18.2 Å². The van der Waals surface area contributed by atoms with Crippen molar-refractivity contribution in [2.45, 2.75) is 0 Å². The molecule has 0 spiro atoms. The van der Waals surface area contributed by atoms with Crippen LogP contribution in [0, 0.1) is 17.7 Å². The molecular formula is C11H4F2NOPt-. The Labute approximate surface area is 104 Å². The molecule has 0 atom stereocenters. The fourth-order valence-electron chi connectivity index (χ4n) is 1.52. The largest absolute Gasteiger partial charge is 0.508 e. The van der Waals surface area contributed by atoms with E-state index in [0.29, 0.717) is 22.1 Å². The molecule has 5 heteroatoms. The monoisotopic (exact) mass is 399 g/mol. The number of hydrogen-bond acceptors (Lipinski definition) is 2. The van der Waals surface area contributed by atoms with E-state index < -0.39 is 11.6 Å². The Morgan fingerprint density at radius 1 is 1.12 bits per heavy atom. The average Bonchev–Trinajstić information content (AvgIpc) is 2.53. The summed E-state index contributed by atoms with van der Waals surface area (Å²) in [6, 6.07) is 6.35. The minimum Gasteiger partial charge on any atom is -0.508 e. The molecular weight excluding hydrogens is 395 g/mol. The second-order valence-corrected chi connectivity index (χ2v) is 3.16. The number of hydrogen-bond donors (Lipinski definition) is 0. The summed E-state index contributed by atoms with van der Waals surface area (Å²) in [6.45, 7) is 0. The number of fused-ring (bicyclic) bond motifs is 3. The fourth-order valence-corrected chi connectivity index (χ4v) is 1.52. The zero-order valence-electron chi connectivity index (χ0n) is 7.74. The molecule has 3 aromatic rings. The van der Waals surface area contributed by atoms with Crippen LogP contribution in [0.1, 0.15) is 0 Å². The van der Waals surface area contributed by atoms with E-state index >= 15 is 0 Å². The van der Waals surface area contributed by atoms with Gasteiger partial charge >= 0.3 is 0 Å². The van der Waals surface area contributed by atoms with Crippen molar-refractivity contribution >= 4 is 22.1 Å². The molecule has 0 N–H and O–H groups in total. The average molecular weight is 399 g/mol. The van der Waals surface area contributed by atoms with Crippen molar-refractivity contribution in [2.24, 2.45) is 0 Å². The molecule has 2 heterocycles. The van der Waals surface area contributed by atoms with E-state index in [1.54, 1.807) is 0 Å². The quantitative estimate of drug-likeness (QED) is 0.544. The van der Waals surface area contributed by atoms with Crippen LogP contribution in [-0.4, -0.2) is 4.98 Å². The van der Waals surface area contributed by atoms with Crippen molar-refractivity contribution in [3.05, 3.63) is 42.1 Å². The second-order valence-electron chi connectivity index (χ2n) is 3.16. The Morgan fingerprint density at radius 3 is 2.69 bits per heavy atom. The first-order chi connectivity index (χ1) is 7.24. The summed E-state index contributed by atoms with van der Waals surface area (Å²) < 4.78 is 30.9. The number of halogens is 2. The molecule has 0 aliphatic rings. The van der Waals surface area contributed by atoms with Gasteiger partial charge in [-0.1, -0.05) is 11.5 Å². The third-order valence-corrected chi connectivity index (χ3v) is 2.15. The van der Waals surface area contributed by atoms with Gasteiger partial charge in [0.25, 0.3) is 0 Å². The van der Waals surface area contributed by atoms with E-state index in [2.05, 4.69) is 11.1 Å². The minimum absolute atomic E-state index is 0. The van der Waals surface area contributed by atoms with Crippen LogP contribution in [0.25, 0.3) is 22.1 Å². The van der Waals surface area contributed by atoms with Gasteiger partial charge in [-0.2, -0.15) is 0 Å². The molecule has 0 saturated carbocycles. The van der Waals surface area contributed by atoms with Crippen molar-refractivity contribution in [3.8, 4) is 0 Å². The maximum absolute atomic E-state index is 12.9. The van der Waals surface area contributed by atoms with Crippen molar-refractivity contribution in [2.75, 3.05) is 0 Å². The summed E-state index contributed by atoms with van der Waals surface area (Å²) in [4.78, 5) is 3.88. The maximum Gasteiger partial charge on any atom is 0.143 e. The molecule has 0 aliphatic carbocycles. The molecule has 0 unspecified atom stereocenters. The zero-order chi connectivity index (χ0) is 10.4. The standard InChI is InChI=1S/C11H4F2NO.Pt/c12-6-1-2-8-9(3-6)15-10-4-7(13)5-14-11(8)10;/h1,3-5H;/q-1;. The molecule has 0 bridgehead atoms. The van der Waals surface area contributed by atoms with Gasteiger partial charge in [0.2, 0.25) is 0 Å². The van der Waals surface area contributed by atoms with Crippen LogP contribution in [-0.2, 0) is 21.1 Å². The van der Waals surface area contributed by atoms with Gasteiger partial charge in [-0.05, 0) is 0 Å². The zero-order valence-corrected chi connectivity index (χ0v) is 10.0. The van der Waals surface area contributed by atoms with Crippen LogP contribution < -0.4 is 0 Å². The van der Waals surface area contributed by atoms with Crippen molar-refractivity contribution in [1.82, 2.24) is 4.98 Å². The smallest absolute Gasteiger partial charge is 0.143 e. The molecule has 1 aromatic carbocycles. The summed E-state index contributed by atoms with van der Waals surface area (Å²) in [5.74, 6) is -0.927. The van der Waals surface area contributed by atoms with E-state index in [-0.39, 0.29) is 21.1 Å². The first kappa shape index (κ1) is 11.2. The molecule has 0 radical (unpaired) electrons. The van der Waals surface area contributed by atoms with Crippen molar-refractivity contribution < 1.29 is 34.3 Å². The van der Waals surface area contributed by atoms with Gasteiger partial charge in [0.05, 0.1) is 6.20 Å².